The maximum Gasteiger partial charge on any atom is 0.288 e. The van der Waals surface area contributed by atoms with E-state index in [1.165, 1.54) is 38.4 Å². The van der Waals surface area contributed by atoms with E-state index in [1.54, 1.807) is 19.2 Å². The number of aliphatic hydroxyl groups excluding tert-OH is 1. The number of aliphatic hydroxyl groups is 1. The van der Waals surface area contributed by atoms with E-state index in [0.29, 0.717) is 12.2 Å². The number of sulfonamides is 1. The van der Waals surface area contributed by atoms with Crippen molar-refractivity contribution in [3.63, 3.8) is 0 Å². The Morgan fingerprint density at radius 1 is 1.14 bits per heavy atom. The number of hydrogen-bond acceptors (Lipinski definition) is 9. The molecule has 2 unspecified atom stereocenters. The predicted molar refractivity (Wildman–Crippen MR) is 136 cm³/mol. The molecule has 0 saturated heterocycles. The molecule has 37 heavy (non-hydrogen) atoms. The number of benzene rings is 1. The fourth-order valence-electron chi connectivity index (χ4n) is 3.79. The lowest BCUT2D eigenvalue weighted by molar-refractivity contribution is -0.161. The summed E-state index contributed by atoms with van der Waals surface area (Å²) in [5, 5.41) is 9.46. The zero-order valence-electron chi connectivity index (χ0n) is 22.5. The zero-order valence-corrected chi connectivity index (χ0v) is 23.3. The number of carbonyl (C=O) groups excluding carboxylic acids is 1. The van der Waals surface area contributed by atoms with Gasteiger partial charge >= 0.3 is 0 Å². The van der Waals surface area contributed by atoms with Crippen molar-refractivity contribution in [2.75, 3.05) is 61.2 Å². The monoisotopic (exact) mass is 544 g/mol. The van der Waals surface area contributed by atoms with Crippen LogP contribution in [0.3, 0.4) is 0 Å². The first-order chi connectivity index (χ1) is 17.6. The van der Waals surface area contributed by atoms with Crippen molar-refractivity contribution < 1.29 is 42.0 Å². The van der Waals surface area contributed by atoms with Gasteiger partial charge in [0.05, 0.1) is 31.8 Å². The smallest absolute Gasteiger partial charge is 0.288 e. The fourth-order valence-corrected chi connectivity index (χ4v) is 5.20. The SMILES string of the molecule is COc1ccc(S(=O)(=O)N(CCO)CCOC2CC(C(C)C)C=C(C(=O)N(C)CC(OC)OC)O2)cc1. The highest BCUT2D eigenvalue weighted by molar-refractivity contribution is 7.89. The van der Waals surface area contributed by atoms with Crippen LogP contribution in [0.4, 0.5) is 0 Å². The summed E-state index contributed by atoms with van der Waals surface area (Å²) in [6.07, 6.45) is 1.02. The van der Waals surface area contributed by atoms with E-state index in [9.17, 15) is 18.3 Å². The Hall–Kier alpha value is -2.22. The Labute approximate surface area is 219 Å². The molecule has 12 heteroatoms. The molecule has 0 saturated carbocycles. The maximum atomic E-state index is 13.1. The van der Waals surface area contributed by atoms with Gasteiger partial charge in [0.15, 0.2) is 12.0 Å². The molecule has 0 aromatic heterocycles. The molecular formula is C25H40N2O9S. The highest BCUT2D eigenvalue weighted by atomic mass is 32.2. The molecule has 0 spiro atoms. The molecule has 0 radical (unpaired) electrons. The number of methoxy groups -OCH3 is 3. The molecule has 1 amide bonds. The van der Waals surface area contributed by atoms with E-state index in [2.05, 4.69) is 0 Å². The minimum Gasteiger partial charge on any atom is -0.497 e. The molecule has 210 valence electrons. The van der Waals surface area contributed by atoms with Crippen molar-refractivity contribution in [2.24, 2.45) is 11.8 Å². The molecule has 1 heterocycles. The summed E-state index contributed by atoms with van der Waals surface area (Å²) in [5.41, 5.74) is 0. The molecule has 1 N–H and O–H groups in total. The van der Waals surface area contributed by atoms with E-state index >= 15 is 0 Å². The summed E-state index contributed by atoms with van der Waals surface area (Å²) in [6, 6.07) is 6.03. The van der Waals surface area contributed by atoms with Gasteiger partial charge in [-0.25, -0.2) is 8.42 Å². The average molecular weight is 545 g/mol. The largest absolute Gasteiger partial charge is 0.497 e. The highest BCUT2D eigenvalue weighted by Gasteiger charge is 2.32. The van der Waals surface area contributed by atoms with Crippen molar-refractivity contribution in [3.8, 4) is 5.75 Å². The van der Waals surface area contributed by atoms with Crippen LogP contribution in [0.5, 0.6) is 5.75 Å². The summed E-state index contributed by atoms with van der Waals surface area (Å²) in [7, 11) is 2.25. The summed E-state index contributed by atoms with van der Waals surface area (Å²) in [5.74, 6) is 0.635. The number of carbonyl (C=O) groups is 1. The van der Waals surface area contributed by atoms with Crippen LogP contribution >= 0.6 is 0 Å². The van der Waals surface area contributed by atoms with Gasteiger partial charge in [-0.3, -0.25) is 4.79 Å². The number of allylic oxidation sites excluding steroid dienone is 1. The second-order valence-corrected chi connectivity index (χ2v) is 10.9. The lowest BCUT2D eigenvalue weighted by atomic mass is 9.90. The first-order valence-electron chi connectivity index (χ1n) is 12.1. The number of amides is 1. The van der Waals surface area contributed by atoms with E-state index in [4.69, 9.17) is 23.7 Å². The molecule has 1 aliphatic rings. The number of rotatable bonds is 15. The summed E-state index contributed by atoms with van der Waals surface area (Å²) >= 11 is 0. The lowest BCUT2D eigenvalue weighted by Crippen LogP contribution is -2.40. The normalized spacial score (nSPS) is 18.2. The van der Waals surface area contributed by atoms with Crippen LogP contribution in [0.25, 0.3) is 0 Å². The van der Waals surface area contributed by atoms with Gasteiger partial charge in [0.2, 0.25) is 16.3 Å². The van der Waals surface area contributed by atoms with Crippen LogP contribution in [0.15, 0.2) is 41.0 Å². The standard InChI is InChI=1S/C25H40N2O9S/c1-18(2)19-15-22(25(29)26(3)17-24(33-5)34-6)36-23(16-19)35-14-12-27(11-13-28)37(30,31)21-9-7-20(32-4)8-10-21/h7-10,15,18-19,23-24,28H,11-14,16-17H2,1-6H3. The summed E-state index contributed by atoms with van der Waals surface area (Å²) in [4.78, 5) is 14.6. The summed E-state index contributed by atoms with van der Waals surface area (Å²) in [6.45, 7) is 3.88. The molecule has 1 aliphatic heterocycles. The zero-order chi connectivity index (χ0) is 27.6. The Morgan fingerprint density at radius 3 is 2.32 bits per heavy atom. The topological polar surface area (TPSA) is 124 Å². The van der Waals surface area contributed by atoms with Crippen LogP contribution in [-0.4, -0.2) is 102 Å². The van der Waals surface area contributed by atoms with Gasteiger partial charge in [0, 0.05) is 40.8 Å². The molecule has 1 aromatic rings. The van der Waals surface area contributed by atoms with Crippen molar-refractivity contribution in [2.45, 2.75) is 37.7 Å². The number of ether oxygens (including phenoxy) is 5. The minimum absolute atomic E-state index is 0.00260. The van der Waals surface area contributed by atoms with Gasteiger partial charge in [0.25, 0.3) is 5.91 Å². The van der Waals surface area contributed by atoms with E-state index < -0.39 is 22.6 Å². The first kappa shape index (κ1) is 31.0. The highest BCUT2D eigenvalue weighted by Crippen LogP contribution is 2.29. The molecule has 2 rings (SSSR count). The molecular weight excluding hydrogens is 504 g/mol. The van der Waals surface area contributed by atoms with Crippen molar-refractivity contribution in [1.82, 2.24) is 9.21 Å². The second-order valence-electron chi connectivity index (χ2n) is 8.98. The molecule has 0 aliphatic carbocycles. The van der Waals surface area contributed by atoms with Crippen LogP contribution in [0.2, 0.25) is 0 Å². The Bertz CT molecular complexity index is 978. The molecule has 0 bridgehead atoms. The summed E-state index contributed by atoms with van der Waals surface area (Å²) < 4.78 is 54.6. The third kappa shape index (κ3) is 8.66. The average Bonchev–Trinajstić information content (AvgIpc) is 2.90. The van der Waals surface area contributed by atoms with E-state index in [-0.39, 0.29) is 61.2 Å². The van der Waals surface area contributed by atoms with Crippen LogP contribution in [0.1, 0.15) is 20.3 Å². The van der Waals surface area contributed by atoms with E-state index in [1.807, 2.05) is 19.9 Å². The molecule has 0 fully saturated rings. The fraction of sp³-hybridized carbons (Fsp3) is 0.640. The predicted octanol–water partition coefficient (Wildman–Crippen LogP) is 1.67. The van der Waals surface area contributed by atoms with Gasteiger partial charge in [-0.05, 0) is 42.2 Å². The van der Waals surface area contributed by atoms with Crippen molar-refractivity contribution >= 4 is 15.9 Å². The third-order valence-corrected chi connectivity index (χ3v) is 8.05. The first-order valence-corrected chi connectivity index (χ1v) is 13.6. The Balaban J connectivity index is 2.07. The van der Waals surface area contributed by atoms with Crippen LogP contribution < -0.4 is 4.74 Å². The molecule has 2 atom stereocenters. The van der Waals surface area contributed by atoms with E-state index in [0.717, 1.165) is 4.31 Å². The molecule has 11 nitrogen and oxygen atoms in total. The van der Waals surface area contributed by atoms with Crippen LogP contribution in [0, 0.1) is 11.8 Å². The van der Waals surface area contributed by atoms with Crippen molar-refractivity contribution in [3.05, 3.63) is 36.1 Å². The number of likely N-dealkylation sites (N-methyl/N-ethyl adjacent to an activating group) is 1. The minimum atomic E-state index is -3.87. The van der Waals surface area contributed by atoms with Crippen molar-refractivity contribution in [1.29, 1.82) is 0 Å². The lowest BCUT2D eigenvalue weighted by Gasteiger charge is -2.33. The second kappa shape index (κ2) is 14.6. The maximum absolute atomic E-state index is 13.1. The Kier molecular flexibility index (Phi) is 12.3. The third-order valence-electron chi connectivity index (χ3n) is 6.14. The number of hydrogen-bond donors (Lipinski definition) is 1. The van der Waals surface area contributed by atoms with Gasteiger partial charge in [-0.1, -0.05) is 13.8 Å². The van der Waals surface area contributed by atoms with Gasteiger partial charge in [-0.2, -0.15) is 4.31 Å². The van der Waals surface area contributed by atoms with Crippen LogP contribution in [-0.2, 0) is 33.8 Å². The van der Waals surface area contributed by atoms with Gasteiger partial charge < -0.3 is 33.7 Å². The number of nitrogens with zero attached hydrogens (tertiary/aromatic N) is 2. The molecule has 1 aromatic carbocycles. The quantitative estimate of drug-likeness (QED) is 0.328. The Morgan fingerprint density at radius 2 is 1.78 bits per heavy atom. The van der Waals surface area contributed by atoms with Gasteiger partial charge in [-0.15, -0.1) is 0 Å². The van der Waals surface area contributed by atoms with Gasteiger partial charge in [0.1, 0.15) is 5.75 Å².